The molecule has 0 amide bonds. The number of aromatic nitrogens is 2. The van der Waals surface area contributed by atoms with Crippen molar-refractivity contribution in [2.24, 2.45) is 0 Å². The van der Waals surface area contributed by atoms with Crippen molar-refractivity contribution in [3.8, 4) is 0 Å². The van der Waals surface area contributed by atoms with Crippen LogP contribution in [-0.2, 0) is 4.74 Å². The van der Waals surface area contributed by atoms with Gasteiger partial charge in [0.25, 0.3) is 11.2 Å². The summed E-state index contributed by atoms with van der Waals surface area (Å²) < 4.78 is 5.32. The van der Waals surface area contributed by atoms with Crippen LogP contribution in [0.2, 0.25) is 5.02 Å². The summed E-state index contributed by atoms with van der Waals surface area (Å²) in [5.41, 5.74) is 0.329. The number of hydrogen-bond acceptors (Lipinski definition) is 7. The fourth-order valence-electron chi connectivity index (χ4n) is 2.53. The van der Waals surface area contributed by atoms with Crippen LogP contribution in [0.4, 0.5) is 5.69 Å². The molecule has 2 aromatic heterocycles. The molecule has 3 aromatic rings. The second-order valence-corrected chi connectivity index (χ2v) is 7.49. The zero-order valence-corrected chi connectivity index (χ0v) is 16.1. The van der Waals surface area contributed by atoms with E-state index in [1.165, 1.54) is 17.4 Å². The number of rotatable bonds is 4. The number of benzene rings is 1. The van der Waals surface area contributed by atoms with Gasteiger partial charge in [-0.25, -0.2) is 9.78 Å². The molecule has 0 bridgehead atoms. The van der Waals surface area contributed by atoms with Gasteiger partial charge in [0.2, 0.25) is 0 Å². The van der Waals surface area contributed by atoms with Crippen molar-refractivity contribution in [1.82, 2.24) is 9.97 Å². The second-order valence-electron chi connectivity index (χ2n) is 5.88. The molecule has 0 spiro atoms. The lowest BCUT2D eigenvalue weighted by Crippen LogP contribution is -2.17. The Morgan fingerprint density at radius 2 is 2.11 bits per heavy atom. The lowest BCUT2D eigenvalue weighted by Gasteiger charge is -2.13. The van der Waals surface area contributed by atoms with Crippen molar-refractivity contribution in [3.63, 3.8) is 0 Å². The minimum absolute atomic E-state index is 0.0136. The first-order valence-electron chi connectivity index (χ1n) is 7.84. The number of carbonyl (C=O) groups excluding carboxylic acids is 1. The Kier molecular flexibility index (Phi) is 4.99. The van der Waals surface area contributed by atoms with Crippen LogP contribution in [0.1, 0.15) is 39.7 Å². The summed E-state index contributed by atoms with van der Waals surface area (Å²) in [6.45, 7) is 5.32. The Bertz CT molecular complexity index is 1140. The number of hydrogen-bond donors (Lipinski definition) is 1. The minimum atomic E-state index is -0.844. The zero-order chi connectivity index (χ0) is 19.9. The minimum Gasteiger partial charge on any atom is -0.451 e. The maximum atomic E-state index is 12.3. The van der Waals surface area contributed by atoms with Crippen LogP contribution in [0, 0.1) is 24.0 Å². The summed E-state index contributed by atoms with van der Waals surface area (Å²) in [6, 6.07) is 3.46. The van der Waals surface area contributed by atoms with Crippen molar-refractivity contribution in [3.05, 3.63) is 65.5 Å². The number of H-pyrrole nitrogens is 1. The third kappa shape index (κ3) is 3.56. The fourth-order valence-corrected chi connectivity index (χ4v) is 3.82. The monoisotopic (exact) mass is 407 g/mol. The average Bonchev–Trinajstić information content (AvgIpc) is 2.89. The van der Waals surface area contributed by atoms with E-state index in [4.69, 9.17) is 16.3 Å². The van der Waals surface area contributed by atoms with E-state index in [2.05, 4.69) is 9.97 Å². The SMILES string of the molecule is Cc1sc2nc([C@H](C)OC(=O)c3ccc([N+](=O)[O-])cc3Cl)[nH]c(=O)c2c1C. The molecule has 0 aliphatic carbocycles. The van der Waals surface area contributed by atoms with E-state index >= 15 is 0 Å². The molecule has 0 fully saturated rings. The molecule has 1 aromatic carbocycles. The molecule has 140 valence electrons. The number of aryl methyl sites for hydroxylation is 2. The highest BCUT2D eigenvalue weighted by molar-refractivity contribution is 7.18. The molecule has 0 saturated heterocycles. The number of ether oxygens (including phenoxy) is 1. The van der Waals surface area contributed by atoms with Crippen LogP contribution in [-0.4, -0.2) is 20.9 Å². The van der Waals surface area contributed by atoms with Gasteiger partial charge in [-0.2, -0.15) is 0 Å². The van der Waals surface area contributed by atoms with Crippen molar-refractivity contribution in [2.45, 2.75) is 26.9 Å². The molecular formula is C17H14ClN3O5S. The van der Waals surface area contributed by atoms with E-state index in [9.17, 15) is 19.7 Å². The van der Waals surface area contributed by atoms with Gasteiger partial charge >= 0.3 is 5.97 Å². The van der Waals surface area contributed by atoms with E-state index in [1.807, 2.05) is 13.8 Å². The van der Waals surface area contributed by atoms with Crippen molar-refractivity contribution in [1.29, 1.82) is 0 Å². The van der Waals surface area contributed by atoms with Gasteiger partial charge in [0.1, 0.15) is 4.83 Å². The summed E-state index contributed by atoms with van der Waals surface area (Å²) in [5, 5.41) is 11.2. The number of nitrogens with zero attached hydrogens (tertiary/aromatic N) is 2. The standard InChI is InChI=1S/C17H14ClN3O5S/c1-7-9(3)27-16-13(7)15(22)19-14(20-16)8(2)26-17(23)11-5-4-10(21(24)25)6-12(11)18/h4-6,8H,1-3H3,(H,19,20,22)/t8-/m0/s1. The quantitative estimate of drug-likeness (QED) is 0.395. The van der Waals surface area contributed by atoms with Crippen LogP contribution in [0.5, 0.6) is 0 Å². The number of nitro benzene ring substituents is 1. The first-order valence-corrected chi connectivity index (χ1v) is 9.03. The van der Waals surface area contributed by atoms with Gasteiger partial charge in [-0.1, -0.05) is 11.6 Å². The predicted molar refractivity (Wildman–Crippen MR) is 102 cm³/mol. The van der Waals surface area contributed by atoms with Crippen LogP contribution >= 0.6 is 22.9 Å². The number of nitro groups is 1. The van der Waals surface area contributed by atoms with Gasteiger partial charge in [0, 0.05) is 17.0 Å². The number of fused-ring (bicyclic) bond motifs is 1. The lowest BCUT2D eigenvalue weighted by molar-refractivity contribution is -0.384. The van der Waals surface area contributed by atoms with Crippen LogP contribution < -0.4 is 5.56 Å². The number of carbonyl (C=O) groups is 1. The highest BCUT2D eigenvalue weighted by atomic mass is 35.5. The molecular weight excluding hydrogens is 394 g/mol. The summed E-state index contributed by atoms with van der Waals surface area (Å²) in [5.74, 6) is -0.566. The van der Waals surface area contributed by atoms with Crippen molar-refractivity contribution >= 4 is 44.8 Å². The van der Waals surface area contributed by atoms with Crippen LogP contribution in [0.3, 0.4) is 0 Å². The highest BCUT2D eigenvalue weighted by Gasteiger charge is 2.21. The second kappa shape index (κ2) is 7.09. The molecule has 2 heterocycles. The van der Waals surface area contributed by atoms with Crippen molar-refractivity contribution in [2.75, 3.05) is 0 Å². The van der Waals surface area contributed by atoms with Crippen LogP contribution in [0.15, 0.2) is 23.0 Å². The van der Waals surface area contributed by atoms with E-state index in [-0.39, 0.29) is 27.7 Å². The third-order valence-corrected chi connectivity index (χ3v) is 5.52. The Labute approximate surface area is 161 Å². The molecule has 1 atom stereocenters. The number of aromatic amines is 1. The number of esters is 1. The highest BCUT2D eigenvalue weighted by Crippen LogP contribution is 2.28. The van der Waals surface area contributed by atoms with Gasteiger partial charge in [-0.05, 0) is 32.4 Å². The number of non-ortho nitro benzene ring substituents is 1. The number of halogens is 1. The summed E-state index contributed by atoms with van der Waals surface area (Å²) in [6.07, 6.45) is -0.844. The summed E-state index contributed by atoms with van der Waals surface area (Å²) in [4.78, 5) is 43.4. The molecule has 0 radical (unpaired) electrons. The van der Waals surface area contributed by atoms with Gasteiger partial charge in [-0.3, -0.25) is 14.9 Å². The Morgan fingerprint density at radius 3 is 2.74 bits per heavy atom. The topological polar surface area (TPSA) is 115 Å². The summed E-state index contributed by atoms with van der Waals surface area (Å²) in [7, 11) is 0. The van der Waals surface area contributed by atoms with Crippen LogP contribution in [0.25, 0.3) is 10.2 Å². The lowest BCUT2D eigenvalue weighted by atomic mass is 10.2. The molecule has 0 aliphatic heterocycles. The summed E-state index contributed by atoms with van der Waals surface area (Å²) >= 11 is 7.33. The zero-order valence-electron chi connectivity index (χ0n) is 14.5. The largest absolute Gasteiger partial charge is 0.451 e. The molecule has 10 heteroatoms. The molecule has 0 unspecified atom stereocenters. The Hall–Kier alpha value is -2.78. The number of nitrogens with one attached hydrogen (secondary N) is 1. The maximum absolute atomic E-state index is 12.3. The first kappa shape index (κ1) is 19.0. The van der Waals surface area contributed by atoms with Gasteiger partial charge in [-0.15, -0.1) is 11.3 Å². The maximum Gasteiger partial charge on any atom is 0.340 e. The smallest absolute Gasteiger partial charge is 0.340 e. The molecule has 0 saturated carbocycles. The molecule has 8 nitrogen and oxygen atoms in total. The first-order chi connectivity index (χ1) is 12.7. The predicted octanol–water partition coefficient (Wildman–Crippen LogP) is 4.08. The van der Waals surface area contributed by atoms with Crippen molar-refractivity contribution < 1.29 is 14.5 Å². The number of thiophene rings is 1. The van der Waals surface area contributed by atoms with E-state index in [0.29, 0.717) is 10.2 Å². The van der Waals surface area contributed by atoms with E-state index in [1.54, 1.807) is 6.92 Å². The van der Waals surface area contributed by atoms with E-state index in [0.717, 1.165) is 22.6 Å². The average molecular weight is 408 g/mol. The molecule has 1 N–H and O–H groups in total. The fraction of sp³-hybridized carbons (Fsp3) is 0.235. The van der Waals surface area contributed by atoms with Gasteiger partial charge < -0.3 is 9.72 Å². The third-order valence-electron chi connectivity index (χ3n) is 4.11. The van der Waals surface area contributed by atoms with E-state index < -0.39 is 17.0 Å². The van der Waals surface area contributed by atoms with Gasteiger partial charge in [0.05, 0.1) is 20.9 Å². The van der Waals surface area contributed by atoms with Gasteiger partial charge in [0.15, 0.2) is 11.9 Å². The molecule has 27 heavy (non-hydrogen) atoms. The molecule has 0 aliphatic rings. The molecule has 3 rings (SSSR count). The Morgan fingerprint density at radius 1 is 1.41 bits per heavy atom. The Balaban J connectivity index is 1.88. The normalized spacial score (nSPS) is 12.1.